The van der Waals surface area contributed by atoms with E-state index in [1.165, 1.54) is 17.0 Å². The first-order valence-corrected chi connectivity index (χ1v) is 7.06. The van der Waals surface area contributed by atoms with Gasteiger partial charge in [0.2, 0.25) is 0 Å². The Morgan fingerprint density at radius 3 is 2.59 bits per heavy atom. The van der Waals surface area contributed by atoms with Crippen LogP contribution in [-0.2, 0) is 6.54 Å². The summed E-state index contributed by atoms with van der Waals surface area (Å²) in [6.07, 6.45) is -3.38. The summed E-state index contributed by atoms with van der Waals surface area (Å²) in [4.78, 5) is 11.5. The zero-order valence-electron chi connectivity index (χ0n) is 12.0. The lowest BCUT2D eigenvalue weighted by Gasteiger charge is -2.18. The van der Waals surface area contributed by atoms with Gasteiger partial charge in [-0.3, -0.25) is 15.0 Å². The van der Waals surface area contributed by atoms with E-state index in [4.69, 9.17) is 0 Å². The Balaban J connectivity index is 1.70. The van der Waals surface area contributed by atoms with E-state index in [2.05, 4.69) is 5.32 Å². The number of hydrogen-bond acceptors (Lipinski definition) is 4. The lowest BCUT2D eigenvalue weighted by Crippen LogP contribution is -2.33. The number of nitrogens with one attached hydrogen (secondary N) is 1. The number of benzene rings is 1. The van der Waals surface area contributed by atoms with Crippen molar-refractivity contribution in [1.82, 2.24) is 10.2 Å². The molecule has 1 aromatic carbocycles. The average molecular weight is 317 g/mol. The molecule has 1 saturated heterocycles. The highest BCUT2D eigenvalue weighted by atomic mass is 19.4. The first kappa shape index (κ1) is 16.7. The largest absolute Gasteiger partial charge is 0.401 e. The van der Waals surface area contributed by atoms with E-state index in [-0.39, 0.29) is 11.6 Å². The van der Waals surface area contributed by atoms with Gasteiger partial charge >= 0.3 is 6.18 Å². The van der Waals surface area contributed by atoms with Gasteiger partial charge in [-0.1, -0.05) is 12.1 Å². The van der Waals surface area contributed by atoms with Gasteiger partial charge in [0.25, 0.3) is 5.69 Å². The van der Waals surface area contributed by atoms with Crippen molar-refractivity contribution in [3.63, 3.8) is 0 Å². The molecule has 5 nitrogen and oxygen atoms in total. The molecule has 0 aliphatic carbocycles. The van der Waals surface area contributed by atoms with Crippen LogP contribution in [0.1, 0.15) is 12.0 Å². The third kappa shape index (κ3) is 5.27. The lowest BCUT2D eigenvalue weighted by molar-refractivity contribution is -0.384. The van der Waals surface area contributed by atoms with Gasteiger partial charge in [0, 0.05) is 25.2 Å². The van der Waals surface area contributed by atoms with Crippen LogP contribution in [0.4, 0.5) is 18.9 Å². The summed E-state index contributed by atoms with van der Waals surface area (Å²) < 4.78 is 36.9. The van der Waals surface area contributed by atoms with E-state index in [0.29, 0.717) is 26.2 Å². The highest BCUT2D eigenvalue weighted by Crippen LogP contribution is 2.22. The monoisotopic (exact) mass is 317 g/mol. The van der Waals surface area contributed by atoms with Crippen LogP contribution in [0.5, 0.6) is 0 Å². The Hall–Kier alpha value is -1.67. The van der Waals surface area contributed by atoms with Crippen molar-refractivity contribution in [2.45, 2.75) is 19.1 Å². The minimum absolute atomic E-state index is 0.0438. The maximum Gasteiger partial charge on any atom is 0.401 e. The molecule has 1 aromatic rings. The third-order valence-electron chi connectivity index (χ3n) is 3.68. The summed E-state index contributed by atoms with van der Waals surface area (Å²) in [7, 11) is 0. The highest BCUT2D eigenvalue weighted by Gasteiger charge is 2.34. The van der Waals surface area contributed by atoms with Gasteiger partial charge in [-0.05, 0) is 31.0 Å². The number of nitro groups is 1. The lowest BCUT2D eigenvalue weighted by atomic mass is 10.1. The van der Waals surface area contributed by atoms with Gasteiger partial charge in [-0.15, -0.1) is 0 Å². The Kier molecular flexibility index (Phi) is 5.36. The molecule has 1 unspecified atom stereocenters. The van der Waals surface area contributed by atoms with E-state index >= 15 is 0 Å². The molecule has 22 heavy (non-hydrogen) atoms. The number of alkyl halides is 3. The second kappa shape index (κ2) is 7.06. The minimum atomic E-state index is -4.14. The molecule has 0 saturated carbocycles. The summed E-state index contributed by atoms with van der Waals surface area (Å²) in [5.74, 6) is 0.209. The molecule has 8 heteroatoms. The Labute approximate surface area is 126 Å². The fraction of sp³-hybridized carbons (Fsp3) is 0.571. The summed E-state index contributed by atoms with van der Waals surface area (Å²) >= 11 is 0. The molecular weight excluding hydrogens is 299 g/mol. The third-order valence-corrected chi connectivity index (χ3v) is 3.68. The molecule has 1 N–H and O–H groups in total. The zero-order chi connectivity index (χ0) is 16.2. The van der Waals surface area contributed by atoms with Crippen molar-refractivity contribution < 1.29 is 18.1 Å². The maximum atomic E-state index is 12.3. The number of non-ortho nitro benzene ring substituents is 1. The summed E-state index contributed by atoms with van der Waals surface area (Å²) in [6.45, 7) is 1.28. The second-order valence-electron chi connectivity index (χ2n) is 5.56. The van der Waals surface area contributed by atoms with Gasteiger partial charge < -0.3 is 5.32 Å². The molecule has 2 rings (SSSR count). The molecular formula is C14H18F3N3O2. The van der Waals surface area contributed by atoms with Crippen LogP contribution in [0.15, 0.2) is 24.3 Å². The van der Waals surface area contributed by atoms with E-state index in [1.807, 2.05) is 0 Å². The fourth-order valence-electron chi connectivity index (χ4n) is 2.63. The average Bonchev–Trinajstić information content (AvgIpc) is 2.84. The summed E-state index contributed by atoms with van der Waals surface area (Å²) in [6, 6.07) is 6.24. The number of nitrogens with zero attached hydrogens (tertiary/aromatic N) is 2. The van der Waals surface area contributed by atoms with E-state index in [1.54, 1.807) is 12.1 Å². The van der Waals surface area contributed by atoms with Gasteiger partial charge in [-0.2, -0.15) is 13.2 Å². The van der Waals surface area contributed by atoms with Crippen molar-refractivity contribution in [2.24, 2.45) is 5.92 Å². The Morgan fingerprint density at radius 2 is 2.00 bits per heavy atom. The standard InChI is InChI=1S/C14H18F3N3O2/c15-14(16,17)10-19-6-5-12(9-19)8-18-7-11-1-3-13(4-2-11)20(21)22/h1-4,12,18H,5-10H2. The van der Waals surface area contributed by atoms with Crippen molar-refractivity contribution in [2.75, 3.05) is 26.2 Å². The molecule has 0 bridgehead atoms. The van der Waals surface area contributed by atoms with Gasteiger partial charge in [0.05, 0.1) is 11.5 Å². The quantitative estimate of drug-likeness (QED) is 0.647. The van der Waals surface area contributed by atoms with Crippen LogP contribution in [0, 0.1) is 16.0 Å². The normalized spacial score (nSPS) is 19.5. The predicted octanol–water partition coefficient (Wildman–Crippen LogP) is 2.57. The smallest absolute Gasteiger partial charge is 0.312 e. The SMILES string of the molecule is O=[N+]([O-])c1ccc(CNCC2CCN(CC(F)(F)F)C2)cc1. The zero-order valence-corrected chi connectivity index (χ0v) is 12.0. The van der Waals surface area contributed by atoms with Gasteiger partial charge in [0.1, 0.15) is 0 Å². The fourth-order valence-corrected chi connectivity index (χ4v) is 2.63. The first-order chi connectivity index (χ1) is 10.3. The molecule has 1 aliphatic rings. The molecule has 1 fully saturated rings. The van der Waals surface area contributed by atoms with Crippen LogP contribution in [0.25, 0.3) is 0 Å². The molecule has 0 radical (unpaired) electrons. The number of hydrogen-bond donors (Lipinski definition) is 1. The number of likely N-dealkylation sites (tertiary alicyclic amines) is 1. The van der Waals surface area contributed by atoms with Crippen molar-refractivity contribution in [3.05, 3.63) is 39.9 Å². The van der Waals surface area contributed by atoms with Gasteiger partial charge in [-0.25, -0.2) is 0 Å². The molecule has 0 aromatic heterocycles. The molecule has 1 aliphatic heterocycles. The number of nitro benzene ring substituents is 1. The highest BCUT2D eigenvalue weighted by molar-refractivity contribution is 5.32. The van der Waals surface area contributed by atoms with Crippen LogP contribution < -0.4 is 5.32 Å². The van der Waals surface area contributed by atoms with Crippen molar-refractivity contribution >= 4 is 5.69 Å². The van der Waals surface area contributed by atoms with E-state index in [0.717, 1.165) is 12.0 Å². The second-order valence-corrected chi connectivity index (χ2v) is 5.56. The van der Waals surface area contributed by atoms with Crippen LogP contribution >= 0.6 is 0 Å². The number of halogens is 3. The Morgan fingerprint density at radius 1 is 1.32 bits per heavy atom. The maximum absolute atomic E-state index is 12.3. The molecule has 1 heterocycles. The number of rotatable bonds is 6. The Bertz CT molecular complexity index is 505. The predicted molar refractivity (Wildman–Crippen MR) is 75.4 cm³/mol. The minimum Gasteiger partial charge on any atom is -0.312 e. The van der Waals surface area contributed by atoms with Crippen LogP contribution in [0.3, 0.4) is 0 Å². The van der Waals surface area contributed by atoms with Crippen LogP contribution in [0.2, 0.25) is 0 Å². The molecule has 0 spiro atoms. The van der Waals surface area contributed by atoms with Crippen LogP contribution in [-0.4, -0.2) is 42.2 Å². The van der Waals surface area contributed by atoms with Gasteiger partial charge in [0.15, 0.2) is 0 Å². The van der Waals surface area contributed by atoms with Crippen molar-refractivity contribution in [1.29, 1.82) is 0 Å². The molecule has 0 amide bonds. The first-order valence-electron chi connectivity index (χ1n) is 7.06. The summed E-state index contributed by atoms with van der Waals surface area (Å²) in [5, 5.41) is 13.7. The van der Waals surface area contributed by atoms with E-state index < -0.39 is 17.6 Å². The molecule has 1 atom stereocenters. The van der Waals surface area contributed by atoms with Crippen molar-refractivity contribution in [3.8, 4) is 0 Å². The molecule has 122 valence electrons. The van der Waals surface area contributed by atoms with E-state index in [9.17, 15) is 23.3 Å². The summed E-state index contributed by atoms with van der Waals surface area (Å²) in [5.41, 5.74) is 0.957. The topological polar surface area (TPSA) is 58.4 Å².